The van der Waals surface area contributed by atoms with Crippen LogP contribution in [0.5, 0.6) is 0 Å². The van der Waals surface area contributed by atoms with Crippen molar-refractivity contribution in [1.29, 1.82) is 0 Å². The summed E-state index contributed by atoms with van der Waals surface area (Å²) < 4.78 is 24.4. The zero-order valence-electron chi connectivity index (χ0n) is 14.5. The molecule has 0 unspecified atom stereocenters. The van der Waals surface area contributed by atoms with Crippen LogP contribution in [0, 0.1) is 5.92 Å². The smallest absolute Gasteiger partial charge is 0.211 e. The number of fused-ring (bicyclic) bond motifs is 1. The molecule has 0 aromatic carbocycles. The molecule has 3 rings (SSSR count). The van der Waals surface area contributed by atoms with Gasteiger partial charge >= 0.3 is 0 Å². The molecule has 0 spiro atoms. The van der Waals surface area contributed by atoms with Crippen molar-refractivity contribution in [2.75, 3.05) is 44.8 Å². The van der Waals surface area contributed by atoms with Crippen LogP contribution < -0.4 is 10.6 Å². The first-order chi connectivity index (χ1) is 11.4. The number of rotatable bonds is 7. The summed E-state index contributed by atoms with van der Waals surface area (Å²) in [5.74, 6) is 2.56. The standard InChI is InChI=1S/C16H27N5O2S/c1-21(24(2,22)23)10-9-18-16-13-5-7-17-8-6-14(13)19-15(20-16)11-12-3-4-12/h12,17H,3-11H2,1-2H3,(H,18,19,20). The number of anilines is 1. The highest BCUT2D eigenvalue weighted by Gasteiger charge is 2.24. The number of hydrogen-bond acceptors (Lipinski definition) is 6. The largest absolute Gasteiger partial charge is 0.368 e. The summed E-state index contributed by atoms with van der Waals surface area (Å²) in [6.07, 6.45) is 6.58. The first kappa shape index (κ1) is 17.6. The second-order valence-electron chi connectivity index (χ2n) is 6.82. The topological polar surface area (TPSA) is 87.2 Å². The summed E-state index contributed by atoms with van der Waals surface area (Å²) in [5, 5.41) is 6.76. The maximum atomic E-state index is 11.5. The van der Waals surface area contributed by atoms with Crippen molar-refractivity contribution in [2.45, 2.75) is 32.1 Å². The third kappa shape index (κ3) is 4.64. The van der Waals surface area contributed by atoms with E-state index in [4.69, 9.17) is 9.97 Å². The van der Waals surface area contributed by atoms with Gasteiger partial charge in [-0.15, -0.1) is 0 Å². The monoisotopic (exact) mass is 353 g/mol. The number of likely N-dealkylation sites (N-methyl/N-ethyl adjacent to an activating group) is 1. The van der Waals surface area contributed by atoms with Crippen molar-refractivity contribution in [3.63, 3.8) is 0 Å². The van der Waals surface area contributed by atoms with Crippen molar-refractivity contribution in [3.05, 3.63) is 17.1 Å². The Balaban J connectivity index is 1.74. The molecule has 2 N–H and O–H groups in total. The molecule has 24 heavy (non-hydrogen) atoms. The first-order valence-electron chi connectivity index (χ1n) is 8.68. The Labute approximate surface area is 144 Å². The molecule has 2 aliphatic rings. The van der Waals surface area contributed by atoms with E-state index in [-0.39, 0.29) is 0 Å². The molecule has 1 aliphatic carbocycles. The molecule has 1 aromatic rings. The zero-order valence-corrected chi connectivity index (χ0v) is 15.3. The third-order valence-electron chi connectivity index (χ3n) is 4.68. The molecule has 1 fully saturated rings. The molecule has 7 nitrogen and oxygen atoms in total. The Morgan fingerprint density at radius 1 is 1.25 bits per heavy atom. The number of hydrogen-bond donors (Lipinski definition) is 2. The Morgan fingerprint density at radius 3 is 2.71 bits per heavy atom. The Morgan fingerprint density at radius 2 is 2.00 bits per heavy atom. The number of nitrogens with zero attached hydrogens (tertiary/aromatic N) is 3. The van der Waals surface area contributed by atoms with E-state index in [1.54, 1.807) is 7.05 Å². The number of sulfonamides is 1. The van der Waals surface area contributed by atoms with Gasteiger partial charge in [0.15, 0.2) is 0 Å². The van der Waals surface area contributed by atoms with Crippen LogP contribution in [-0.4, -0.2) is 62.2 Å². The summed E-state index contributed by atoms with van der Waals surface area (Å²) in [4.78, 5) is 9.55. The lowest BCUT2D eigenvalue weighted by atomic mass is 10.1. The summed E-state index contributed by atoms with van der Waals surface area (Å²) in [6.45, 7) is 2.84. The molecule has 2 heterocycles. The highest BCUT2D eigenvalue weighted by Crippen LogP contribution is 2.32. The SMILES string of the molecule is CN(CCNc1nc(CC2CC2)nc2c1CCNCC2)S(C)(=O)=O. The predicted octanol–water partition coefficient (Wildman–Crippen LogP) is 0.421. The highest BCUT2D eigenvalue weighted by molar-refractivity contribution is 7.88. The highest BCUT2D eigenvalue weighted by atomic mass is 32.2. The van der Waals surface area contributed by atoms with E-state index in [1.807, 2.05) is 0 Å². The summed E-state index contributed by atoms with van der Waals surface area (Å²) in [7, 11) is -1.55. The van der Waals surface area contributed by atoms with Gasteiger partial charge in [0.05, 0.1) is 11.9 Å². The van der Waals surface area contributed by atoms with E-state index in [0.717, 1.165) is 55.6 Å². The van der Waals surface area contributed by atoms with Crippen LogP contribution in [0.4, 0.5) is 5.82 Å². The van der Waals surface area contributed by atoms with Gasteiger partial charge in [0.25, 0.3) is 0 Å². The molecular weight excluding hydrogens is 326 g/mol. The quantitative estimate of drug-likeness (QED) is 0.739. The van der Waals surface area contributed by atoms with Gasteiger partial charge < -0.3 is 10.6 Å². The van der Waals surface area contributed by atoms with Crippen LogP contribution in [-0.2, 0) is 29.3 Å². The van der Waals surface area contributed by atoms with Crippen LogP contribution in [0.2, 0.25) is 0 Å². The van der Waals surface area contributed by atoms with Gasteiger partial charge in [-0.25, -0.2) is 22.7 Å². The fraction of sp³-hybridized carbons (Fsp3) is 0.750. The average molecular weight is 353 g/mol. The zero-order chi connectivity index (χ0) is 17.2. The van der Waals surface area contributed by atoms with E-state index in [0.29, 0.717) is 13.1 Å². The van der Waals surface area contributed by atoms with Crippen molar-refractivity contribution in [2.24, 2.45) is 5.92 Å². The van der Waals surface area contributed by atoms with Gasteiger partial charge in [0, 0.05) is 45.1 Å². The van der Waals surface area contributed by atoms with Crippen LogP contribution in [0.3, 0.4) is 0 Å². The molecule has 8 heteroatoms. The maximum Gasteiger partial charge on any atom is 0.211 e. The minimum Gasteiger partial charge on any atom is -0.368 e. The normalized spacial score (nSPS) is 18.3. The van der Waals surface area contributed by atoms with Crippen LogP contribution >= 0.6 is 0 Å². The van der Waals surface area contributed by atoms with Gasteiger partial charge in [-0.3, -0.25) is 0 Å². The first-order valence-corrected chi connectivity index (χ1v) is 10.5. The second kappa shape index (κ2) is 7.33. The van der Waals surface area contributed by atoms with Crippen molar-refractivity contribution < 1.29 is 8.42 Å². The summed E-state index contributed by atoms with van der Waals surface area (Å²) >= 11 is 0. The molecular formula is C16H27N5O2S. The molecule has 0 amide bonds. The summed E-state index contributed by atoms with van der Waals surface area (Å²) in [5.41, 5.74) is 2.33. The van der Waals surface area contributed by atoms with Crippen LogP contribution in [0.15, 0.2) is 0 Å². The molecule has 1 saturated carbocycles. The Kier molecular flexibility index (Phi) is 5.36. The van der Waals surface area contributed by atoms with Gasteiger partial charge in [-0.05, 0) is 31.7 Å². The van der Waals surface area contributed by atoms with E-state index >= 15 is 0 Å². The van der Waals surface area contributed by atoms with Crippen molar-refractivity contribution in [3.8, 4) is 0 Å². The molecule has 0 saturated heterocycles. The Bertz CT molecular complexity index is 688. The molecule has 134 valence electrons. The molecule has 1 aliphatic heterocycles. The van der Waals surface area contributed by atoms with Crippen molar-refractivity contribution in [1.82, 2.24) is 19.6 Å². The number of nitrogens with one attached hydrogen (secondary N) is 2. The molecule has 0 bridgehead atoms. The minimum absolute atomic E-state index is 0.424. The fourth-order valence-corrected chi connectivity index (χ4v) is 3.33. The minimum atomic E-state index is -3.15. The maximum absolute atomic E-state index is 11.5. The van der Waals surface area contributed by atoms with Gasteiger partial charge in [0.1, 0.15) is 11.6 Å². The lowest BCUT2D eigenvalue weighted by Gasteiger charge is -2.17. The average Bonchev–Trinajstić information content (AvgIpc) is 3.32. The lowest BCUT2D eigenvalue weighted by Crippen LogP contribution is -2.30. The van der Waals surface area contributed by atoms with Gasteiger partial charge in [-0.1, -0.05) is 0 Å². The Hall–Kier alpha value is -1.25. The van der Waals surface area contributed by atoms with Crippen LogP contribution in [0.1, 0.15) is 29.9 Å². The van der Waals surface area contributed by atoms with Crippen LogP contribution in [0.25, 0.3) is 0 Å². The fourth-order valence-electron chi connectivity index (χ4n) is 2.91. The summed E-state index contributed by atoms with van der Waals surface area (Å²) in [6, 6.07) is 0. The molecule has 0 radical (unpaired) electrons. The van der Waals surface area contributed by atoms with E-state index in [1.165, 1.54) is 29.0 Å². The van der Waals surface area contributed by atoms with E-state index in [2.05, 4.69) is 10.6 Å². The van der Waals surface area contributed by atoms with Gasteiger partial charge in [-0.2, -0.15) is 0 Å². The molecule has 1 aromatic heterocycles. The van der Waals surface area contributed by atoms with Crippen molar-refractivity contribution >= 4 is 15.8 Å². The van der Waals surface area contributed by atoms with E-state index in [9.17, 15) is 8.42 Å². The number of aromatic nitrogens is 2. The van der Waals surface area contributed by atoms with Gasteiger partial charge in [0.2, 0.25) is 10.0 Å². The second-order valence-corrected chi connectivity index (χ2v) is 8.91. The molecule has 0 atom stereocenters. The predicted molar refractivity (Wildman–Crippen MR) is 94.7 cm³/mol. The third-order valence-corrected chi connectivity index (χ3v) is 6.00. The van der Waals surface area contributed by atoms with E-state index < -0.39 is 10.0 Å². The lowest BCUT2D eigenvalue weighted by molar-refractivity contribution is 0.486.